The zero-order valence-corrected chi connectivity index (χ0v) is 15.3. The maximum atomic E-state index is 13.2. The van der Waals surface area contributed by atoms with Crippen LogP contribution in [-0.2, 0) is 6.54 Å². The fourth-order valence-corrected chi connectivity index (χ4v) is 3.19. The average Bonchev–Trinajstić information content (AvgIpc) is 3.27. The quantitative estimate of drug-likeness (QED) is 0.527. The third-order valence-electron chi connectivity index (χ3n) is 4.54. The van der Waals surface area contributed by atoms with Gasteiger partial charge in [-0.05, 0) is 42.0 Å². The second-order valence-electron chi connectivity index (χ2n) is 6.52. The Kier molecular flexibility index (Phi) is 4.61. The Morgan fingerprint density at radius 2 is 1.96 bits per heavy atom. The molecular formula is C23H17N3O2. The van der Waals surface area contributed by atoms with Crippen LogP contribution in [-0.4, -0.2) is 22.8 Å². The van der Waals surface area contributed by atoms with Gasteiger partial charge in [0, 0.05) is 19.0 Å². The van der Waals surface area contributed by atoms with Gasteiger partial charge in [-0.2, -0.15) is 5.26 Å². The van der Waals surface area contributed by atoms with Crippen LogP contribution in [0.2, 0.25) is 0 Å². The van der Waals surface area contributed by atoms with Crippen LogP contribution in [0.3, 0.4) is 0 Å². The molecule has 4 aromatic rings. The number of benzene rings is 2. The Balaban J connectivity index is 1.72. The Morgan fingerprint density at radius 1 is 1.11 bits per heavy atom. The van der Waals surface area contributed by atoms with E-state index in [0.29, 0.717) is 29.1 Å². The highest BCUT2D eigenvalue weighted by Gasteiger charge is 2.18. The molecule has 1 amide bonds. The molecule has 2 aromatic heterocycles. The summed E-state index contributed by atoms with van der Waals surface area (Å²) in [4.78, 5) is 19.5. The Morgan fingerprint density at radius 3 is 2.75 bits per heavy atom. The first kappa shape index (κ1) is 17.5. The summed E-state index contributed by atoms with van der Waals surface area (Å²) in [5, 5.41) is 9.87. The molecule has 0 fully saturated rings. The monoisotopic (exact) mass is 367 g/mol. The number of carbonyl (C=O) groups is 1. The molecule has 0 saturated heterocycles. The highest BCUT2D eigenvalue weighted by Crippen LogP contribution is 2.26. The largest absolute Gasteiger partial charge is 0.463 e. The summed E-state index contributed by atoms with van der Waals surface area (Å²) in [7, 11) is 1.75. The lowest BCUT2D eigenvalue weighted by Gasteiger charge is -2.19. The molecule has 0 unspecified atom stereocenters. The van der Waals surface area contributed by atoms with Gasteiger partial charge in [0.05, 0.1) is 29.0 Å². The van der Waals surface area contributed by atoms with E-state index in [-0.39, 0.29) is 5.91 Å². The van der Waals surface area contributed by atoms with E-state index >= 15 is 0 Å². The first-order valence-corrected chi connectivity index (χ1v) is 8.84. The van der Waals surface area contributed by atoms with Crippen LogP contribution < -0.4 is 0 Å². The molecule has 0 radical (unpaired) electrons. The number of rotatable bonds is 4. The van der Waals surface area contributed by atoms with Crippen molar-refractivity contribution in [1.29, 1.82) is 5.26 Å². The number of carbonyl (C=O) groups excluding carboxylic acids is 1. The number of para-hydroxylation sites is 1. The molecule has 2 aromatic carbocycles. The summed E-state index contributed by atoms with van der Waals surface area (Å²) in [6.07, 6.45) is 1.59. The minimum absolute atomic E-state index is 0.117. The molecule has 2 heterocycles. The Labute approximate surface area is 162 Å². The Bertz CT molecular complexity index is 1190. The van der Waals surface area contributed by atoms with E-state index in [9.17, 15) is 4.79 Å². The second-order valence-corrected chi connectivity index (χ2v) is 6.52. The summed E-state index contributed by atoms with van der Waals surface area (Å²) in [6, 6.07) is 22.3. The number of fused-ring (bicyclic) bond motifs is 1. The average molecular weight is 367 g/mol. The van der Waals surface area contributed by atoms with Crippen LogP contribution >= 0.6 is 0 Å². The van der Waals surface area contributed by atoms with Crippen molar-refractivity contribution >= 4 is 16.8 Å². The molecule has 5 heteroatoms. The molecule has 4 rings (SSSR count). The zero-order valence-electron chi connectivity index (χ0n) is 15.3. The highest BCUT2D eigenvalue weighted by molar-refractivity contribution is 6.07. The van der Waals surface area contributed by atoms with Gasteiger partial charge < -0.3 is 9.32 Å². The first-order chi connectivity index (χ1) is 13.7. The molecule has 136 valence electrons. The van der Waals surface area contributed by atoms with E-state index in [2.05, 4.69) is 11.1 Å². The number of nitriles is 1. The predicted molar refractivity (Wildman–Crippen MR) is 106 cm³/mol. The van der Waals surface area contributed by atoms with Gasteiger partial charge >= 0.3 is 0 Å². The topological polar surface area (TPSA) is 70.1 Å². The molecule has 0 aliphatic carbocycles. The number of aromatic nitrogens is 1. The standard InChI is InChI=1S/C23H17N3O2/c1-26(15-17-7-4-6-16(12-17)14-24)23(27)19-13-21(22-10-5-11-28-22)25-20-9-3-2-8-18(19)20/h2-13H,15H2,1H3. The lowest BCUT2D eigenvalue weighted by Crippen LogP contribution is -2.26. The van der Waals surface area contributed by atoms with Crippen LogP contribution in [0.4, 0.5) is 0 Å². The molecule has 5 nitrogen and oxygen atoms in total. The van der Waals surface area contributed by atoms with Crippen LogP contribution in [0.15, 0.2) is 77.4 Å². The van der Waals surface area contributed by atoms with Gasteiger partial charge in [-0.1, -0.05) is 30.3 Å². The molecular weight excluding hydrogens is 350 g/mol. The smallest absolute Gasteiger partial charge is 0.254 e. The fraction of sp³-hybridized carbons (Fsp3) is 0.0870. The van der Waals surface area contributed by atoms with Crippen molar-refractivity contribution in [3.05, 3.63) is 89.7 Å². The molecule has 0 saturated carbocycles. The number of hydrogen-bond acceptors (Lipinski definition) is 4. The van der Waals surface area contributed by atoms with E-state index in [4.69, 9.17) is 9.68 Å². The van der Waals surface area contributed by atoms with E-state index in [0.717, 1.165) is 16.5 Å². The van der Waals surface area contributed by atoms with Crippen molar-refractivity contribution < 1.29 is 9.21 Å². The van der Waals surface area contributed by atoms with Gasteiger partial charge in [0.25, 0.3) is 5.91 Å². The van der Waals surface area contributed by atoms with Crippen molar-refractivity contribution in [3.8, 4) is 17.5 Å². The van der Waals surface area contributed by atoms with Gasteiger partial charge in [0.1, 0.15) is 5.69 Å². The summed E-state index contributed by atoms with van der Waals surface area (Å²) in [5.74, 6) is 0.498. The summed E-state index contributed by atoms with van der Waals surface area (Å²) < 4.78 is 5.47. The minimum Gasteiger partial charge on any atom is -0.463 e. The molecule has 0 aliphatic heterocycles. The van der Waals surface area contributed by atoms with E-state index in [1.807, 2.05) is 42.5 Å². The number of hydrogen-bond donors (Lipinski definition) is 0. The van der Waals surface area contributed by atoms with Crippen molar-refractivity contribution in [2.45, 2.75) is 6.54 Å². The maximum absolute atomic E-state index is 13.2. The van der Waals surface area contributed by atoms with Crippen LogP contribution in [0.5, 0.6) is 0 Å². The van der Waals surface area contributed by atoms with Gasteiger partial charge in [0.15, 0.2) is 5.76 Å². The second kappa shape index (κ2) is 7.37. The molecule has 0 N–H and O–H groups in total. The van der Waals surface area contributed by atoms with Crippen LogP contribution in [0.1, 0.15) is 21.5 Å². The lowest BCUT2D eigenvalue weighted by molar-refractivity contribution is 0.0787. The first-order valence-electron chi connectivity index (χ1n) is 8.84. The van der Waals surface area contributed by atoms with Crippen molar-refractivity contribution in [1.82, 2.24) is 9.88 Å². The van der Waals surface area contributed by atoms with E-state index < -0.39 is 0 Å². The number of nitrogens with zero attached hydrogens (tertiary/aromatic N) is 3. The highest BCUT2D eigenvalue weighted by atomic mass is 16.3. The number of amides is 1. The normalized spacial score (nSPS) is 10.6. The third-order valence-corrected chi connectivity index (χ3v) is 4.54. The molecule has 0 bridgehead atoms. The van der Waals surface area contributed by atoms with Gasteiger partial charge in [-0.3, -0.25) is 4.79 Å². The van der Waals surface area contributed by atoms with E-state index in [1.165, 1.54) is 0 Å². The molecule has 0 aliphatic rings. The summed E-state index contributed by atoms with van der Waals surface area (Å²) in [6.45, 7) is 0.404. The van der Waals surface area contributed by atoms with Crippen molar-refractivity contribution in [2.75, 3.05) is 7.05 Å². The molecule has 0 spiro atoms. The third kappa shape index (κ3) is 3.36. The molecule has 28 heavy (non-hydrogen) atoms. The SMILES string of the molecule is CN(Cc1cccc(C#N)c1)C(=O)c1cc(-c2ccco2)nc2ccccc12. The minimum atomic E-state index is -0.117. The van der Waals surface area contributed by atoms with E-state index in [1.54, 1.807) is 42.5 Å². The van der Waals surface area contributed by atoms with Gasteiger partial charge in [0.2, 0.25) is 0 Å². The lowest BCUT2D eigenvalue weighted by atomic mass is 10.0. The maximum Gasteiger partial charge on any atom is 0.254 e. The summed E-state index contributed by atoms with van der Waals surface area (Å²) in [5.41, 5.74) is 3.40. The van der Waals surface area contributed by atoms with Gasteiger partial charge in [-0.15, -0.1) is 0 Å². The fourth-order valence-electron chi connectivity index (χ4n) is 3.19. The molecule has 0 atom stereocenters. The number of furan rings is 1. The van der Waals surface area contributed by atoms with Crippen LogP contribution in [0, 0.1) is 11.3 Å². The Hall–Kier alpha value is -3.91. The number of pyridine rings is 1. The van der Waals surface area contributed by atoms with Crippen molar-refractivity contribution in [2.24, 2.45) is 0 Å². The zero-order chi connectivity index (χ0) is 19.5. The van der Waals surface area contributed by atoms with Crippen molar-refractivity contribution in [3.63, 3.8) is 0 Å². The van der Waals surface area contributed by atoms with Gasteiger partial charge in [-0.25, -0.2) is 4.98 Å². The van der Waals surface area contributed by atoms with Crippen LogP contribution in [0.25, 0.3) is 22.4 Å². The summed E-state index contributed by atoms with van der Waals surface area (Å²) >= 11 is 0. The predicted octanol–water partition coefficient (Wildman–Crippen LogP) is 4.64.